The van der Waals surface area contributed by atoms with Crippen molar-refractivity contribution in [3.05, 3.63) is 46.2 Å². The molecule has 0 fully saturated rings. The zero-order valence-electron chi connectivity index (χ0n) is 13.0. The van der Waals surface area contributed by atoms with E-state index in [1.807, 2.05) is 25.1 Å². The number of benzene rings is 1. The molecule has 8 heteroatoms. The van der Waals surface area contributed by atoms with Crippen LogP contribution in [0.2, 0.25) is 5.02 Å². The molecule has 0 saturated heterocycles. The lowest BCUT2D eigenvalue weighted by Gasteiger charge is -2.08. The minimum atomic E-state index is 0.191. The minimum absolute atomic E-state index is 0.191. The normalized spacial score (nSPS) is 11.5. The van der Waals surface area contributed by atoms with Crippen LogP contribution in [0.4, 0.5) is 5.82 Å². The molecule has 3 N–H and O–H groups in total. The van der Waals surface area contributed by atoms with Crippen molar-refractivity contribution < 1.29 is 14.5 Å². The molecule has 2 aromatic rings. The van der Waals surface area contributed by atoms with Gasteiger partial charge in [0.1, 0.15) is 0 Å². The molecule has 0 bridgehead atoms. The molecule has 0 atom stereocenters. The van der Waals surface area contributed by atoms with Gasteiger partial charge in [0.15, 0.2) is 5.82 Å². The highest BCUT2D eigenvalue weighted by atomic mass is 35.5. The Bertz CT molecular complexity index is 672. The van der Waals surface area contributed by atoms with E-state index < -0.39 is 0 Å². The number of oxime groups is 1. The summed E-state index contributed by atoms with van der Waals surface area (Å²) in [6.45, 7) is 3.58. The first-order valence-electron chi connectivity index (χ1n) is 7.05. The fourth-order valence-corrected chi connectivity index (χ4v) is 2.13. The minimum Gasteiger partial charge on any atom is -0.409 e. The Balaban J connectivity index is 1.99. The molecule has 0 amide bonds. The van der Waals surface area contributed by atoms with Gasteiger partial charge in [0.25, 0.3) is 0 Å². The first-order valence-corrected chi connectivity index (χ1v) is 7.42. The predicted octanol–water partition coefficient (Wildman–Crippen LogP) is 2.62. The summed E-state index contributed by atoms with van der Waals surface area (Å²) in [6.07, 6.45) is 0. The monoisotopic (exact) mass is 338 g/mol. The van der Waals surface area contributed by atoms with Crippen molar-refractivity contribution >= 4 is 23.3 Å². The lowest BCUT2D eigenvalue weighted by Crippen LogP contribution is -2.24. The SMILES string of the molecule is COCCNc1cc(/C(=N\O)NCc2cc(Cl)ccc2C)on1. The van der Waals surface area contributed by atoms with E-state index in [-0.39, 0.29) is 5.84 Å². The van der Waals surface area contributed by atoms with E-state index in [0.717, 1.165) is 11.1 Å². The molecular weight excluding hydrogens is 320 g/mol. The van der Waals surface area contributed by atoms with Crippen LogP contribution in [0.25, 0.3) is 0 Å². The van der Waals surface area contributed by atoms with Gasteiger partial charge in [0.2, 0.25) is 11.6 Å². The molecule has 0 aliphatic carbocycles. The summed E-state index contributed by atoms with van der Waals surface area (Å²) in [4.78, 5) is 0. The average Bonchev–Trinajstić information content (AvgIpc) is 3.00. The topological polar surface area (TPSA) is 91.9 Å². The standard InChI is InChI=1S/C15H19ClN4O3/c1-10-3-4-12(16)7-11(10)9-18-15(19-21)13-8-14(20-23-13)17-5-6-22-2/h3-4,7-8,21H,5-6,9H2,1-2H3,(H,17,20)(H,18,19). The molecule has 124 valence electrons. The highest BCUT2D eigenvalue weighted by Gasteiger charge is 2.12. The summed E-state index contributed by atoms with van der Waals surface area (Å²) in [5.41, 5.74) is 2.08. The number of ether oxygens (including phenoxy) is 1. The Hall–Kier alpha value is -2.25. The van der Waals surface area contributed by atoms with Gasteiger partial charge in [-0.1, -0.05) is 28.0 Å². The summed E-state index contributed by atoms with van der Waals surface area (Å²) in [5.74, 6) is 1.06. The second kappa shape index (κ2) is 8.40. The summed E-state index contributed by atoms with van der Waals surface area (Å²) in [5, 5.41) is 22.9. The van der Waals surface area contributed by atoms with Gasteiger partial charge in [-0.3, -0.25) is 0 Å². The van der Waals surface area contributed by atoms with Crippen LogP contribution < -0.4 is 10.6 Å². The maximum absolute atomic E-state index is 9.18. The summed E-state index contributed by atoms with van der Waals surface area (Å²) < 4.78 is 10.1. The molecule has 1 aromatic carbocycles. The number of halogens is 1. The van der Waals surface area contributed by atoms with Crippen LogP contribution in [0.3, 0.4) is 0 Å². The number of methoxy groups -OCH3 is 1. The van der Waals surface area contributed by atoms with Crippen molar-refractivity contribution in [2.24, 2.45) is 5.16 Å². The highest BCUT2D eigenvalue weighted by molar-refractivity contribution is 6.30. The van der Waals surface area contributed by atoms with E-state index in [0.29, 0.717) is 36.3 Å². The largest absolute Gasteiger partial charge is 0.409 e. The van der Waals surface area contributed by atoms with E-state index >= 15 is 0 Å². The Kier molecular flexibility index (Phi) is 6.25. The van der Waals surface area contributed by atoms with Crippen molar-refractivity contribution in [2.45, 2.75) is 13.5 Å². The molecular formula is C15H19ClN4O3. The average molecular weight is 339 g/mol. The van der Waals surface area contributed by atoms with Crippen LogP contribution in [0.15, 0.2) is 33.9 Å². The van der Waals surface area contributed by atoms with Crippen LogP contribution in [-0.4, -0.2) is 36.5 Å². The second-order valence-electron chi connectivity index (χ2n) is 4.87. The number of hydrogen-bond acceptors (Lipinski definition) is 6. The number of anilines is 1. The van der Waals surface area contributed by atoms with Crippen LogP contribution in [0.1, 0.15) is 16.9 Å². The molecule has 0 spiro atoms. The molecule has 1 aromatic heterocycles. The van der Waals surface area contributed by atoms with Gasteiger partial charge in [-0.05, 0) is 30.2 Å². The van der Waals surface area contributed by atoms with E-state index in [9.17, 15) is 5.21 Å². The van der Waals surface area contributed by atoms with Crippen molar-refractivity contribution in [3.63, 3.8) is 0 Å². The molecule has 2 rings (SSSR count). The van der Waals surface area contributed by atoms with Gasteiger partial charge >= 0.3 is 0 Å². The maximum atomic E-state index is 9.18. The van der Waals surface area contributed by atoms with Gasteiger partial charge in [0.05, 0.1) is 6.61 Å². The first-order chi connectivity index (χ1) is 11.1. The fourth-order valence-electron chi connectivity index (χ4n) is 1.93. The van der Waals surface area contributed by atoms with Gasteiger partial charge < -0.3 is 25.1 Å². The van der Waals surface area contributed by atoms with Crippen molar-refractivity contribution in [3.8, 4) is 0 Å². The molecule has 0 aliphatic rings. The molecule has 7 nitrogen and oxygen atoms in total. The smallest absolute Gasteiger partial charge is 0.211 e. The van der Waals surface area contributed by atoms with Gasteiger partial charge in [-0.2, -0.15) is 0 Å². The number of amidine groups is 1. The zero-order valence-corrected chi connectivity index (χ0v) is 13.7. The molecule has 0 unspecified atom stereocenters. The first kappa shape index (κ1) is 17.1. The third-order valence-electron chi connectivity index (χ3n) is 3.21. The zero-order chi connectivity index (χ0) is 16.7. The number of aromatic nitrogens is 1. The van der Waals surface area contributed by atoms with Gasteiger partial charge in [0, 0.05) is 31.3 Å². The van der Waals surface area contributed by atoms with E-state index in [1.165, 1.54) is 0 Å². The van der Waals surface area contributed by atoms with Crippen molar-refractivity contribution in [1.29, 1.82) is 0 Å². The van der Waals surface area contributed by atoms with Crippen LogP contribution in [-0.2, 0) is 11.3 Å². The van der Waals surface area contributed by atoms with E-state index in [1.54, 1.807) is 13.2 Å². The molecule has 0 aliphatic heterocycles. The Morgan fingerprint density at radius 3 is 3.00 bits per heavy atom. The number of hydrogen-bond donors (Lipinski definition) is 3. The molecule has 0 saturated carbocycles. The number of rotatable bonds is 7. The summed E-state index contributed by atoms with van der Waals surface area (Å²) >= 11 is 5.99. The second-order valence-corrected chi connectivity index (χ2v) is 5.31. The van der Waals surface area contributed by atoms with Crippen LogP contribution in [0, 0.1) is 6.92 Å². The van der Waals surface area contributed by atoms with E-state index in [4.69, 9.17) is 20.9 Å². The predicted molar refractivity (Wildman–Crippen MR) is 88.2 cm³/mol. The summed E-state index contributed by atoms with van der Waals surface area (Å²) in [6, 6.07) is 7.26. The number of aryl methyl sites for hydroxylation is 1. The summed E-state index contributed by atoms with van der Waals surface area (Å²) in [7, 11) is 1.62. The lowest BCUT2D eigenvalue weighted by molar-refractivity contribution is 0.210. The Labute approximate surface area is 139 Å². The number of nitrogens with one attached hydrogen (secondary N) is 2. The molecule has 0 radical (unpaired) electrons. The third-order valence-corrected chi connectivity index (χ3v) is 3.45. The van der Waals surface area contributed by atoms with Crippen LogP contribution >= 0.6 is 11.6 Å². The van der Waals surface area contributed by atoms with Gasteiger partial charge in [-0.15, -0.1) is 0 Å². The lowest BCUT2D eigenvalue weighted by atomic mass is 10.1. The Morgan fingerprint density at radius 2 is 2.26 bits per heavy atom. The fraction of sp³-hybridized carbons (Fsp3) is 0.333. The maximum Gasteiger partial charge on any atom is 0.211 e. The van der Waals surface area contributed by atoms with Crippen molar-refractivity contribution in [2.75, 3.05) is 25.6 Å². The Morgan fingerprint density at radius 1 is 1.43 bits per heavy atom. The molecule has 23 heavy (non-hydrogen) atoms. The quantitative estimate of drug-likeness (QED) is 0.236. The third kappa shape index (κ3) is 4.87. The van der Waals surface area contributed by atoms with Crippen molar-refractivity contribution in [1.82, 2.24) is 10.5 Å². The highest BCUT2D eigenvalue weighted by Crippen LogP contribution is 2.16. The number of nitrogens with zero attached hydrogens (tertiary/aromatic N) is 2. The molecule has 1 heterocycles. The van der Waals surface area contributed by atoms with Crippen LogP contribution in [0.5, 0.6) is 0 Å². The van der Waals surface area contributed by atoms with E-state index in [2.05, 4.69) is 20.9 Å². The van der Waals surface area contributed by atoms with Gasteiger partial charge in [-0.25, -0.2) is 0 Å².